The van der Waals surface area contributed by atoms with E-state index in [-0.39, 0.29) is 17.5 Å². The molecule has 3 rings (SSSR count). The molecule has 0 saturated carbocycles. The highest BCUT2D eigenvalue weighted by Crippen LogP contribution is 2.06. The number of carbonyl (C=O) groups excluding carboxylic acids is 2. The van der Waals surface area contributed by atoms with Crippen LogP contribution in [0.2, 0.25) is 0 Å². The van der Waals surface area contributed by atoms with Gasteiger partial charge in [-0.3, -0.25) is 19.6 Å². The van der Waals surface area contributed by atoms with Gasteiger partial charge in [-0.15, -0.1) is 0 Å². The number of aromatic nitrogens is 2. The Bertz CT molecular complexity index is 942. The summed E-state index contributed by atoms with van der Waals surface area (Å²) in [5, 5.41) is 5.65. The third-order valence-corrected chi connectivity index (χ3v) is 3.99. The Balaban J connectivity index is 1.60. The predicted octanol–water partition coefficient (Wildman–Crippen LogP) is 2.65. The Morgan fingerprint density at radius 1 is 0.852 bits per heavy atom. The Morgan fingerprint density at radius 2 is 1.59 bits per heavy atom. The summed E-state index contributed by atoms with van der Waals surface area (Å²) in [6, 6.07) is 14.6. The van der Waals surface area contributed by atoms with E-state index in [1.807, 2.05) is 43.3 Å². The van der Waals surface area contributed by atoms with Gasteiger partial charge in [0, 0.05) is 37.2 Å². The van der Waals surface area contributed by atoms with Gasteiger partial charge in [-0.25, -0.2) is 0 Å². The zero-order valence-electron chi connectivity index (χ0n) is 15.0. The molecule has 0 unspecified atom stereocenters. The number of amides is 2. The highest BCUT2D eigenvalue weighted by Gasteiger charge is 2.12. The van der Waals surface area contributed by atoms with E-state index in [0.717, 1.165) is 16.7 Å². The number of rotatable bonds is 6. The minimum atomic E-state index is -0.319. The molecular weight excluding hydrogens is 340 g/mol. The maximum Gasteiger partial charge on any atom is 0.270 e. The van der Waals surface area contributed by atoms with Gasteiger partial charge in [-0.05, 0) is 42.3 Å². The fourth-order valence-corrected chi connectivity index (χ4v) is 2.58. The molecule has 0 fully saturated rings. The smallest absolute Gasteiger partial charge is 0.270 e. The van der Waals surface area contributed by atoms with Crippen LogP contribution in [0.3, 0.4) is 0 Å². The third kappa shape index (κ3) is 5.22. The van der Waals surface area contributed by atoms with Crippen LogP contribution in [0.1, 0.15) is 37.5 Å². The molecule has 0 aliphatic heterocycles. The molecule has 2 amide bonds. The topological polar surface area (TPSA) is 84.0 Å². The second-order valence-corrected chi connectivity index (χ2v) is 6.14. The van der Waals surface area contributed by atoms with Crippen molar-refractivity contribution in [3.05, 3.63) is 95.1 Å². The maximum atomic E-state index is 12.3. The first-order valence-corrected chi connectivity index (χ1v) is 8.59. The molecule has 3 aromatic rings. The van der Waals surface area contributed by atoms with Crippen molar-refractivity contribution in [2.75, 3.05) is 0 Å². The number of carbonyl (C=O) groups is 2. The lowest BCUT2D eigenvalue weighted by Gasteiger charge is -2.08. The van der Waals surface area contributed by atoms with Crippen LogP contribution in [0.5, 0.6) is 0 Å². The number of aryl methyl sites for hydroxylation is 1. The lowest BCUT2D eigenvalue weighted by molar-refractivity contribution is 0.0946. The van der Waals surface area contributed by atoms with Crippen LogP contribution in [-0.4, -0.2) is 21.8 Å². The zero-order valence-corrected chi connectivity index (χ0v) is 15.0. The van der Waals surface area contributed by atoms with Gasteiger partial charge >= 0.3 is 0 Å². The van der Waals surface area contributed by atoms with E-state index in [1.165, 1.54) is 12.3 Å². The van der Waals surface area contributed by atoms with Crippen molar-refractivity contribution in [3.8, 4) is 0 Å². The van der Waals surface area contributed by atoms with Crippen LogP contribution < -0.4 is 10.6 Å². The van der Waals surface area contributed by atoms with Gasteiger partial charge in [0.25, 0.3) is 11.8 Å². The first kappa shape index (κ1) is 18.3. The normalized spacial score (nSPS) is 10.3. The fraction of sp³-hybridized carbons (Fsp3) is 0.143. The van der Waals surface area contributed by atoms with E-state index < -0.39 is 0 Å². The molecule has 0 aliphatic carbocycles. The van der Waals surface area contributed by atoms with Crippen LogP contribution in [0.25, 0.3) is 0 Å². The molecule has 0 saturated heterocycles. The number of hydrogen-bond donors (Lipinski definition) is 2. The van der Waals surface area contributed by atoms with Crippen LogP contribution >= 0.6 is 0 Å². The average Bonchev–Trinajstić information content (AvgIpc) is 2.71. The summed E-state index contributed by atoms with van der Waals surface area (Å²) in [6.07, 6.45) is 4.80. The van der Waals surface area contributed by atoms with E-state index in [9.17, 15) is 9.59 Å². The number of benzene rings is 1. The molecule has 2 N–H and O–H groups in total. The van der Waals surface area contributed by atoms with Crippen molar-refractivity contribution in [3.63, 3.8) is 0 Å². The first-order chi connectivity index (χ1) is 13.1. The van der Waals surface area contributed by atoms with Gasteiger partial charge in [-0.1, -0.05) is 29.8 Å². The van der Waals surface area contributed by atoms with Crippen LogP contribution in [0, 0.1) is 6.92 Å². The number of nitrogens with one attached hydrogen (secondary N) is 2. The summed E-state index contributed by atoms with van der Waals surface area (Å²) in [5.41, 5.74) is 3.69. The lowest BCUT2D eigenvalue weighted by atomic mass is 10.1. The molecule has 2 heterocycles. The van der Waals surface area contributed by atoms with Crippen LogP contribution in [0.4, 0.5) is 0 Å². The molecule has 0 bridgehead atoms. The fourth-order valence-electron chi connectivity index (χ4n) is 2.58. The van der Waals surface area contributed by atoms with Gasteiger partial charge in [0.15, 0.2) is 0 Å². The average molecular weight is 360 g/mol. The Hall–Kier alpha value is -3.54. The molecule has 1 aromatic carbocycles. The van der Waals surface area contributed by atoms with E-state index in [0.29, 0.717) is 18.7 Å². The lowest BCUT2D eigenvalue weighted by Crippen LogP contribution is -2.26. The van der Waals surface area contributed by atoms with Crippen molar-refractivity contribution in [1.82, 2.24) is 20.6 Å². The number of nitrogens with zero attached hydrogens (tertiary/aromatic N) is 2. The summed E-state index contributed by atoms with van der Waals surface area (Å²) < 4.78 is 0. The number of hydrogen-bond acceptors (Lipinski definition) is 4. The quantitative estimate of drug-likeness (QED) is 0.708. The summed E-state index contributed by atoms with van der Waals surface area (Å²) in [6.45, 7) is 2.79. The van der Waals surface area contributed by atoms with Gasteiger partial charge in [0.2, 0.25) is 0 Å². The van der Waals surface area contributed by atoms with Crippen molar-refractivity contribution in [1.29, 1.82) is 0 Å². The van der Waals surface area contributed by atoms with Crippen molar-refractivity contribution < 1.29 is 9.59 Å². The molecule has 0 radical (unpaired) electrons. The van der Waals surface area contributed by atoms with Crippen LogP contribution in [-0.2, 0) is 13.1 Å². The summed E-state index contributed by atoms with van der Waals surface area (Å²) in [4.78, 5) is 32.7. The summed E-state index contributed by atoms with van der Waals surface area (Å²) in [7, 11) is 0. The molecule has 0 atom stereocenters. The van der Waals surface area contributed by atoms with Gasteiger partial charge in [0.05, 0.1) is 0 Å². The van der Waals surface area contributed by atoms with Gasteiger partial charge in [0.1, 0.15) is 5.69 Å². The summed E-state index contributed by atoms with van der Waals surface area (Å²) >= 11 is 0. The Labute approximate surface area is 157 Å². The minimum Gasteiger partial charge on any atom is -0.348 e. The van der Waals surface area contributed by atoms with Crippen molar-refractivity contribution >= 4 is 11.8 Å². The van der Waals surface area contributed by atoms with Crippen molar-refractivity contribution in [2.45, 2.75) is 20.0 Å². The zero-order chi connectivity index (χ0) is 19.1. The largest absolute Gasteiger partial charge is 0.348 e. The number of pyridine rings is 2. The molecule has 136 valence electrons. The third-order valence-electron chi connectivity index (χ3n) is 3.99. The SMILES string of the molecule is Cc1cccc(CNC(=O)c2cc(C(=O)NCc3ccncc3)ccn2)c1. The standard InChI is InChI=1S/C21H20N4O2/c1-15-3-2-4-17(11-15)14-25-21(27)19-12-18(7-10-23-19)20(26)24-13-16-5-8-22-9-6-16/h2-12H,13-14H2,1H3,(H,24,26)(H,25,27). The molecule has 0 spiro atoms. The van der Waals surface area contributed by atoms with Gasteiger partial charge < -0.3 is 10.6 Å². The highest BCUT2D eigenvalue weighted by atomic mass is 16.2. The molecule has 27 heavy (non-hydrogen) atoms. The Morgan fingerprint density at radius 3 is 2.37 bits per heavy atom. The maximum absolute atomic E-state index is 12.3. The molecule has 6 nitrogen and oxygen atoms in total. The van der Waals surface area contributed by atoms with E-state index in [1.54, 1.807) is 18.5 Å². The van der Waals surface area contributed by atoms with E-state index in [2.05, 4.69) is 20.6 Å². The molecule has 2 aromatic heterocycles. The monoisotopic (exact) mass is 360 g/mol. The summed E-state index contributed by atoms with van der Waals surface area (Å²) in [5.74, 6) is -0.581. The molecule has 6 heteroatoms. The van der Waals surface area contributed by atoms with E-state index in [4.69, 9.17) is 0 Å². The van der Waals surface area contributed by atoms with E-state index >= 15 is 0 Å². The second-order valence-electron chi connectivity index (χ2n) is 6.14. The molecular formula is C21H20N4O2. The minimum absolute atomic E-state index is 0.208. The van der Waals surface area contributed by atoms with Gasteiger partial charge in [-0.2, -0.15) is 0 Å². The predicted molar refractivity (Wildman–Crippen MR) is 102 cm³/mol. The second kappa shape index (κ2) is 8.71. The molecule has 0 aliphatic rings. The first-order valence-electron chi connectivity index (χ1n) is 8.59. The van der Waals surface area contributed by atoms with Crippen LogP contribution in [0.15, 0.2) is 67.1 Å². The highest BCUT2D eigenvalue weighted by molar-refractivity contribution is 5.98. The Kier molecular flexibility index (Phi) is 5.89. The van der Waals surface area contributed by atoms with Crippen molar-refractivity contribution in [2.24, 2.45) is 0 Å².